The van der Waals surface area contributed by atoms with Gasteiger partial charge in [-0.3, -0.25) is 14.9 Å². The Bertz CT molecular complexity index is 679. The maximum absolute atomic E-state index is 12.0. The first-order valence-electron chi connectivity index (χ1n) is 6.33. The largest absolute Gasteiger partial charge is 0.372 e. The molecule has 6 amide bonds. The van der Waals surface area contributed by atoms with Crippen molar-refractivity contribution in [1.29, 1.82) is 0 Å². The molecular formula is C12H11N5O5. The number of nitrogens with one attached hydrogen (secondary N) is 4. The summed E-state index contributed by atoms with van der Waals surface area (Å²) in [6.45, 7) is 0. The Morgan fingerprint density at radius 3 is 2.59 bits per heavy atom. The summed E-state index contributed by atoms with van der Waals surface area (Å²) < 4.78 is 0. The maximum Gasteiger partial charge on any atom is 0.323 e. The molecule has 0 spiro atoms. The number of fused-ring (bicyclic) bond motifs is 1. The molecule has 0 aromatic rings. The predicted molar refractivity (Wildman–Crippen MR) is 71.3 cm³/mol. The van der Waals surface area contributed by atoms with Gasteiger partial charge in [0.25, 0.3) is 5.91 Å². The van der Waals surface area contributed by atoms with Crippen LogP contribution < -0.4 is 21.3 Å². The molecule has 2 heterocycles. The fourth-order valence-corrected chi connectivity index (χ4v) is 2.24. The second-order valence-corrected chi connectivity index (χ2v) is 4.80. The predicted octanol–water partition coefficient (Wildman–Crippen LogP) is -2.14. The quantitative estimate of drug-likeness (QED) is 0.351. The van der Waals surface area contributed by atoms with Crippen LogP contribution in [0.15, 0.2) is 28.9 Å². The Morgan fingerprint density at radius 2 is 1.86 bits per heavy atom. The Kier molecular flexibility index (Phi) is 3.22. The number of aliphatic hydroxyl groups excluding tert-OH is 1. The summed E-state index contributed by atoms with van der Waals surface area (Å²) in [4.78, 5) is 49.5. The van der Waals surface area contributed by atoms with Gasteiger partial charge < -0.3 is 21.1 Å². The highest BCUT2D eigenvalue weighted by atomic mass is 16.3. The highest BCUT2D eigenvalue weighted by Gasteiger charge is 2.40. The van der Waals surface area contributed by atoms with E-state index in [1.165, 1.54) is 12.2 Å². The third-order valence-corrected chi connectivity index (χ3v) is 3.26. The zero-order valence-electron chi connectivity index (χ0n) is 11.0. The molecule has 0 saturated carbocycles. The van der Waals surface area contributed by atoms with Crippen LogP contribution in [0, 0.1) is 5.92 Å². The first-order valence-corrected chi connectivity index (χ1v) is 6.33. The van der Waals surface area contributed by atoms with Crippen molar-refractivity contribution in [2.75, 3.05) is 0 Å². The van der Waals surface area contributed by atoms with Crippen molar-refractivity contribution in [3.05, 3.63) is 23.9 Å². The molecule has 2 aliphatic heterocycles. The van der Waals surface area contributed by atoms with E-state index in [2.05, 4.69) is 15.6 Å². The van der Waals surface area contributed by atoms with E-state index in [-0.39, 0.29) is 17.8 Å². The molecule has 114 valence electrons. The number of aliphatic imine (C=N–C) groups is 1. The molecule has 1 aliphatic carbocycles. The Labute approximate surface area is 123 Å². The van der Waals surface area contributed by atoms with Crippen molar-refractivity contribution in [2.24, 2.45) is 10.9 Å². The number of amides is 6. The van der Waals surface area contributed by atoms with Gasteiger partial charge in [0.15, 0.2) is 5.92 Å². The van der Waals surface area contributed by atoms with E-state index in [1.807, 2.05) is 10.6 Å². The third-order valence-electron chi connectivity index (χ3n) is 3.26. The molecule has 5 N–H and O–H groups in total. The Hall–Kier alpha value is -3.01. The zero-order chi connectivity index (χ0) is 15.9. The molecule has 3 rings (SSSR count). The average Bonchev–Trinajstić information content (AvgIpc) is 2.76. The highest BCUT2D eigenvalue weighted by Crippen LogP contribution is 2.14. The number of carbonyl (C=O) groups is 4. The van der Waals surface area contributed by atoms with Gasteiger partial charge in [-0.15, -0.1) is 0 Å². The van der Waals surface area contributed by atoms with Crippen molar-refractivity contribution in [2.45, 2.75) is 12.3 Å². The van der Waals surface area contributed by atoms with Gasteiger partial charge in [0, 0.05) is 5.70 Å². The van der Waals surface area contributed by atoms with E-state index in [1.54, 1.807) is 6.08 Å². The van der Waals surface area contributed by atoms with Crippen molar-refractivity contribution >= 4 is 29.6 Å². The van der Waals surface area contributed by atoms with Crippen molar-refractivity contribution < 1.29 is 24.3 Å². The van der Waals surface area contributed by atoms with Crippen LogP contribution in [0.5, 0.6) is 0 Å². The highest BCUT2D eigenvalue weighted by molar-refractivity contribution is 6.16. The molecule has 3 unspecified atom stereocenters. The molecule has 0 aromatic heterocycles. The average molecular weight is 305 g/mol. The van der Waals surface area contributed by atoms with E-state index in [9.17, 15) is 24.3 Å². The van der Waals surface area contributed by atoms with Crippen LogP contribution >= 0.6 is 0 Å². The molecule has 0 aromatic carbocycles. The summed E-state index contributed by atoms with van der Waals surface area (Å²) in [5.74, 6) is -3.35. The summed E-state index contributed by atoms with van der Waals surface area (Å²) in [5.41, 5.74) is 0.748. The van der Waals surface area contributed by atoms with Crippen LogP contribution in [0.3, 0.4) is 0 Å². The Balaban J connectivity index is 1.79. The minimum atomic E-state index is -1.64. The van der Waals surface area contributed by atoms with Gasteiger partial charge in [-0.1, -0.05) is 6.08 Å². The molecule has 10 nitrogen and oxygen atoms in total. The molecule has 3 atom stereocenters. The third kappa shape index (κ3) is 2.46. The Morgan fingerprint density at radius 1 is 1.14 bits per heavy atom. The van der Waals surface area contributed by atoms with Crippen LogP contribution in [0.4, 0.5) is 9.59 Å². The first kappa shape index (κ1) is 13.9. The van der Waals surface area contributed by atoms with E-state index in [4.69, 9.17) is 0 Å². The number of rotatable bonds is 1. The van der Waals surface area contributed by atoms with Gasteiger partial charge in [0.05, 0.1) is 11.8 Å². The van der Waals surface area contributed by atoms with E-state index < -0.39 is 30.0 Å². The van der Waals surface area contributed by atoms with Crippen LogP contribution in [0.1, 0.15) is 0 Å². The lowest BCUT2D eigenvalue weighted by Crippen LogP contribution is -2.60. The topological polar surface area (TPSA) is 149 Å². The zero-order valence-corrected chi connectivity index (χ0v) is 11.0. The molecule has 2 saturated heterocycles. The van der Waals surface area contributed by atoms with Gasteiger partial charge >= 0.3 is 12.1 Å². The molecular weight excluding hydrogens is 294 g/mol. The number of urea groups is 2. The van der Waals surface area contributed by atoms with Gasteiger partial charge in [0.2, 0.25) is 5.91 Å². The van der Waals surface area contributed by atoms with Gasteiger partial charge in [-0.05, 0) is 12.2 Å². The monoisotopic (exact) mass is 305 g/mol. The molecule has 10 heteroatoms. The van der Waals surface area contributed by atoms with Crippen molar-refractivity contribution in [3.8, 4) is 0 Å². The number of imide groups is 1. The maximum atomic E-state index is 12.0. The summed E-state index contributed by atoms with van der Waals surface area (Å²) >= 11 is 0. The second kappa shape index (κ2) is 5.07. The van der Waals surface area contributed by atoms with Gasteiger partial charge in [0.1, 0.15) is 6.23 Å². The van der Waals surface area contributed by atoms with Gasteiger partial charge in [-0.25, -0.2) is 14.6 Å². The standard InChI is InChI=1S/C12H11N5O5/c18-8(7-9(19)16-12(22)17-10(7)20)13-4-1-2-5-6(3-4)15-11(21)14-5/h1-3,5,7,9,19H,(H2,14,15,21)(H2,16,17,20,22). The SMILES string of the molecule is O=C1NC2=CC(=NC(=O)C3C(=O)NC(=O)NC3O)C=CC2N1. The number of nitrogens with zero attached hydrogens (tertiary/aromatic N) is 1. The first-order chi connectivity index (χ1) is 10.4. The van der Waals surface area contributed by atoms with Crippen molar-refractivity contribution in [1.82, 2.24) is 21.3 Å². The lowest BCUT2D eigenvalue weighted by molar-refractivity contribution is -0.139. The summed E-state index contributed by atoms with van der Waals surface area (Å²) in [6.07, 6.45) is 2.97. The minimum absolute atomic E-state index is 0.220. The summed E-state index contributed by atoms with van der Waals surface area (Å²) in [6, 6.07) is -1.54. The number of hydrogen-bond donors (Lipinski definition) is 5. The van der Waals surface area contributed by atoms with Crippen LogP contribution in [0.25, 0.3) is 0 Å². The summed E-state index contributed by atoms with van der Waals surface area (Å²) in [7, 11) is 0. The van der Waals surface area contributed by atoms with E-state index >= 15 is 0 Å². The lowest BCUT2D eigenvalue weighted by atomic mass is 10.0. The van der Waals surface area contributed by atoms with Crippen LogP contribution in [0.2, 0.25) is 0 Å². The molecule has 3 aliphatic rings. The summed E-state index contributed by atoms with van der Waals surface area (Å²) in [5, 5.41) is 18.7. The smallest absolute Gasteiger partial charge is 0.323 e. The lowest BCUT2D eigenvalue weighted by Gasteiger charge is -2.25. The fourth-order valence-electron chi connectivity index (χ4n) is 2.24. The van der Waals surface area contributed by atoms with Crippen molar-refractivity contribution in [3.63, 3.8) is 0 Å². The minimum Gasteiger partial charge on any atom is -0.372 e. The van der Waals surface area contributed by atoms with Gasteiger partial charge in [-0.2, -0.15) is 0 Å². The molecule has 0 radical (unpaired) electrons. The van der Waals surface area contributed by atoms with Crippen LogP contribution in [-0.4, -0.2) is 47.0 Å². The molecule has 2 fully saturated rings. The number of aliphatic hydroxyl groups is 1. The molecule has 22 heavy (non-hydrogen) atoms. The fraction of sp³-hybridized carbons (Fsp3) is 0.250. The van der Waals surface area contributed by atoms with E-state index in [0.29, 0.717) is 5.70 Å². The molecule has 0 bridgehead atoms. The number of carbonyl (C=O) groups excluding carboxylic acids is 4. The van der Waals surface area contributed by atoms with E-state index in [0.717, 1.165) is 0 Å². The number of hydrogen-bond acceptors (Lipinski definition) is 5. The number of allylic oxidation sites excluding steroid dienone is 2. The normalized spacial score (nSPS) is 31.7. The second-order valence-electron chi connectivity index (χ2n) is 4.80. The van der Waals surface area contributed by atoms with Crippen LogP contribution in [-0.2, 0) is 9.59 Å².